The van der Waals surface area contributed by atoms with E-state index in [1.807, 2.05) is 49.3 Å². The molecule has 1 amide bonds. The summed E-state index contributed by atoms with van der Waals surface area (Å²) in [6.45, 7) is 4.86. The van der Waals surface area contributed by atoms with Gasteiger partial charge in [0.2, 0.25) is 5.91 Å². The highest BCUT2D eigenvalue weighted by Crippen LogP contribution is 2.12. The van der Waals surface area contributed by atoms with Crippen molar-refractivity contribution in [2.45, 2.75) is 13.8 Å². The quantitative estimate of drug-likeness (QED) is 0.810. The number of rotatable bonds is 5. The second-order valence-corrected chi connectivity index (χ2v) is 4.96. The molecule has 0 fully saturated rings. The highest BCUT2D eigenvalue weighted by molar-refractivity contribution is 5.91. The van der Waals surface area contributed by atoms with E-state index in [0.717, 1.165) is 11.3 Å². The lowest BCUT2D eigenvalue weighted by molar-refractivity contribution is -0.116. The van der Waals surface area contributed by atoms with Crippen LogP contribution in [0.25, 0.3) is 6.08 Å². The molecule has 0 spiro atoms. The van der Waals surface area contributed by atoms with Crippen LogP contribution in [0.2, 0.25) is 0 Å². The standard InChI is InChI=1S/C15H22N2O/c1-12(2)11-16-15(18)10-7-13-5-8-14(9-6-13)17(3)4/h5-10,12H,11H2,1-4H3,(H,16,18)/b10-7+. The number of amides is 1. The molecular weight excluding hydrogens is 224 g/mol. The average Bonchev–Trinajstić information content (AvgIpc) is 2.34. The van der Waals surface area contributed by atoms with Gasteiger partial charge in [-0.05, 0) is 29.7 Å². The molecule has 1 rings (SSSR count). The molecule has 18 heavy (non-hydrogen) atoms. The highest BCUT2D eigenvalue weighted by atomic mass is 16.1. The molecule has 1 aromatic rings. The Morgan fingerprint density at radius 1 is 1.28 bits per heavy atom. The second-order valence-electron chi connectivity index (χ2n) is 4.96. The molecule has 0 unspecified atom stereocenters. The van der Waals surface area contributed by atoms with Crippen molar-refractivity contribution < 1.29 is 4.79 Å². The molecule has 0 aromatic heterocycles. The van der Waals surface area contributed by atoms with Gasteiger partial charge in [0.25, 0.3) is 0 Å². The fourth-order valence-corrected chi connectivity index (χ4v) is 1.42. The summed E-state index contributed by atoms with van der Waals surface area (Å²) in [5.41, 5.74) is 2.18. The Hall–Kier alpha value is -1.77. The maximum Gasteiger partial charge on any atom is 0.244 e. The first-order chi connectivity index (χ1) is 8.49. The van der Waals surface area contributed by atoms with E-state index in [1.54, 1.807) is 6.08 Å². The number of carbonyl (C=O) groups excluding carboxylic acids is 1. The van der Waals surface area contributed by atoms with E-state index < -0.39 is 0 Å². The fourth-order valence-electron chi connectivity index (χ4n) is 1.42. The van der Waals surface area contributed by atoms with Gasteiger partial charge >= 0.3 is 0 Å². The number of nitrogens with one attached hydrogen (secondary N) is 1. The number of hydrogen-bond donors (Lipinski definition) is 1. The zero-order valence-corrected chi connectivity index (χ0v) is 11.6. The molecule has 0 saturated heterocycles. The van der Waals surface area contributed by atoms with Crippen molar-refractivity contribution in [2.75, 3.05) is 25.5 Å². The van der Waals surface area contributed by atoms with Gasteiger partial charge < -0.3 is 10.2 Å². The van der Waals surface area contributed by atoms with Crippen LogP contribution in [0.4, 0.5) is 5.69 Å². The monoisotopic (exact) mass is 246 g/mol. The zero-order valence-electron chi connectivity index (χ0n) is 11.6. The van der Waals surface area contributed by atoms with Crippen LogP contribution >= 0.6 is 0 Å². The van der Waals surface area contributed by atoms with Gasteiger partial charge in [0, 0.05) is 32.4 Å². The third-order valence-electron chi connectivity index (χ3n) is 2.52. The largest absolute Gasteiger partial charge is 0.378 e. The summed E-state index contributed by atoms with van der Waals surface area (Å²) in [6, 6.07) is 8.07. The molecule has 1 N–H and O–H groups in total. The molecule has 3 nitrogen and oxygen atoms in total. The number of hydrogen-bond acceptors (Lipinski definition) is 2. The third kappa shape index (κ3) is 5.04. The van der Waals surface area contributed by atoms with Crippen molar-refractivity contribution in [3.63, 3.8) is 0 Å². The zero-order chi connectivity index (χ0) is 13.5. The van der Waals surface area contributed by atoms with E-state index >= 15 is 0 Å². The molecule has 0 bridgehead atoms. The van der Waals surface area contributed by atoms with E-state index in [4.69, 9.17) is 0 Å². The lowest BCUT2D eigenvalue weighted by Crippen LogP contribution is -2.25. The molecule has 1 aromatic carbocycles. The minimum absolute atomic E-state index is 0.0413. The van der Waals surface area contributed by atoms with Crippen molar-refractivity contribution in [3.8, 4) is 0 Å². The van der Waals surface area contributed by atoms with Gasteiger partial charge in [-0.2, -0.15) is 0 Å². The van der Waals surface area contributed by atoms with Gasteiger partial charge in [-0.25, -0.2) is 0 Å². The maximum atomic E-state index is 11.5. The highest BCUT2D eigenvalue weighted by Gasteiger charge is 1.98. The summed E-state index contributed by atoms with van der Waals surface area (Å²) in [6.07, 6.45) is 3.40. The summed E-state index contributed by atoms with van der Waals surface area (Å²) in [7, 11) is 4.01. The smallest absolute Gasteiger partial charge is 0.244 e. The topological polar surface area (TPSA) is 32.3 Å². The molecule has 0 saturated carbocycles. The molecule has 0 aliphatic carbocycles. The summed E-state index contributed by atoms with van der Waals surface area (Å²) >= 11 is 0. The van der Waals surface area contributed by atoms with E-state index in [0.29, 0.717) is 12.5 Å². The second kappa shape index (κ2) is 6.84. The minimum Gasteiger partial charge on any atom is -0.378 e. The summed E-state index contributed by atoms with van der Waals surface area (Å²) in [4.78, 5) is 13.5. The average molecular weight is 246 g/mol. The van der Waals surface area contributed by atoms with E-state index in [-0.39, 0.29) is 5.91 Å². The van der Waals surface area contributed by atoms with Crippen LogP contribution in [0, 0.1) is 5.92 Å². The Morgan fingerprint density at radius 3 is 2.39 bits per heavy atom. The number of benzene rings is 1. The van der Waals surface area contributed by atoms with Gasteiger partial charge in [-0.15, -0.1) is 0 Å². The first kappa shape index (κ1) is 14.3. The molecule has 3 heteroatoms. The molecule has 0 radical (unpaired) electrons. The predicted octanol–water partition coefficient (Wildman–Crippen LogP) is 2.54. The van der Waals surface area contributed by atoms with Gasteiger partial charge in [0.1, 0.15) is 0 Å². The number of anilines is 1. The summed E-state index contributed by atoms with van der Waals surface area (Å²) in [5, 5.41) is 2.85. The van der Waals surface area contributed by atoms with E-state index in [9.17, 15) is 4.79 Å². The van der Waals surface area contributed by atoms with Gasteiger partial charge in [-0.3, -0.25) is 4.79 Å². The van der Waals surface area contributed by atoms with Crippen LogP contribution in [0.15, 0.2) is 30.3 Å². The Labute approximate surface area is 109 Å². The maximum absolute atomic E-state index is 11.5. The van der Waals surface area contributed by atoms with Crippen molar-refractivity contribution in [2.24, 2.45) is 5.92 Å². The molecular formula is C15H22N2O. The van der Waals surface area contributed by atoms with Crippen LogP contribution < -0.4 is 10.2 Å². The van der Waals surface area contributed by atoms with Crippen LogP contribution in [0.5, 0.6) is 0 Å². The van der Waals surface area contributed by atoms with Crippen LogP contribution in [-0.2, 0) is 4.79 Å². The predicted molar refractivity (Wildman–Crippen MR) is 77.7 cm³/mol. The summed E-state index contributed by atoms with van der Waals surface area (Å²) in [5.74, 6) is 0.433. The lowest BCUT2D eigenvalue weighted by Gasteiger charge is -2.11. The first-order valence-electron chi connectivity index (χ1n) is 6.22. The normalized spacial score (nSPS) is 10.9. The van der Waals surface area contributed by atoms with Gasteiger partial charge in [-0.1, -0.05) is 26.0 Å². The van der Waals surface area contributed by atoms with Crippen molar-refractivity contribution in [3.05, 3.63) is 35.9 Å². The van der Waals surface area contributed by atoms with Crippen molar-refractivity contribution in [1.82, 2.24) is 5.32 Å². The third-order valence-corrected chi connectivity index (χ3v) is 2.52. The van der Waals surface area contributed by atoms with Gasteiger partial charge in [0.05, 0.1) is 0 Å². The van der Waals surface area contributed by atoms with Crippen molar-refractivity contribution in [1.29, 1.82) is 0 Å². The molecule has 0 aliphatic heterocycles. The van der Waals surface area contributed by atoms with Crippen molar-refractivity contribution >= 4 is 17.7 Å². The van der Waals surface area contributed by atoms with Crippen LogP contribution in [0.3, 0.4) is 0 Å². The molecule has 0 aliphatic rings. The lowest BCUT2D eigenvalue weighted by atomic mass is 10.2. The molecule has 98 valence electrons. The van der Waals surface area contributed by atoms with Crippen LogP contribution in [0.1, 0.15) is 19.4 Å². The molecule has 0 atom stereocenters. The Kier molecular flexibility index (Phi) is 5.43. The van der Waals surface area contributed by atoms with Crippen LogP contribution in [-0.4, -0.2) is 26.5 Å². The number of nitrogens with zero attached hydrogens (tertiary/aromatic N) is 1. The first-order valence-corrected chi connectivity index (χ1v) is 6.22. The fraction of sp³-hybridized carbons (Fsp3) is 0.400. The van der Waals surface area contributed by atoms with E-state index in [1.165, 1.54) is 0 Å². The summed E-state index contributed by atoms with van der Waals surface area (Å²) < 4.78 is 0. The SMILES string of the molecule is CC(C)CNC(=O)/C=C/c1ccc(N(C)C)cc1. The Bertz CT molecular complexity index is 405. The molecule has 0 heterocycles. The Morgan fingerprint density at radius 2 is 1.89 bits per heavy atom. The minimum atomic E-state index is -0.0413. The van der Waals surface area contributed by atoms with E-state index in [2.05, 4.69) is 19.2 Å². The van der Waals surface area contributed by atoms with Gasteiger partial charge in [0.15, 0.2) is 0 Å². The Balaban J connectivity index is 2.53. The number of carbonyl (C=O) groups is 1.